The summed E-state index contributed by atoms with van der Waals surface area (Å²) in [4.78, 5) is 14.9. The number of benzene rings is 1. The molecule has 1 atom stereocenters. The van der Waals surface area contributed by atoms with Crippen LogP contribution < -0.4 is 15.1 Å². The van der Waals surface area contributed by atoms with Gasteiger partial charge in [0.1, 0.15) is 32.2 Å². The van der Waals surface area contributed by atoms with Gasteiger partial charge in [-0.15, -0.1) is 0 Å². The molecule has 2 rings (SSSR count). The van der Waals surface area contributed by atoms with Crippen molar-refractivity contribution in [1.29, 1.82) is 5.26 Å². The van der Waals surface area contributed by atoms with Gasteiger partial charge < -0.3 is 15.1 Å². The van der Waals surface area contributed by atoms with Gasteiger partial charge in [-0.1, -0.05) is 18.2 Å². The molecule has 3 N–H and O–H groups in total. The highest BCUT2D eigenvalue weighted by atomic mass is 16.2. The van der Waals surface area contributed by atoms with Gasteiger partial charge in [0.2, 0.25) is 0 Å². The molecule has 1 amide bonds. The molecule has 1 fully saturated rings. The number of hydrogen-bond donors (Lipinski definition) is 3. The van der Waals surface area contributed by atoms with Crippen LogP contribution in [0.2, 0.25) is 0 Å². The SMILES string of the molecule is Cc1cccc(C)c1NC(=O)C[NH+]1CC[NH+]([C@H](C)C#N)CC1. The Labute approximate surface area is 132 Å². The van der Waals surface area contributed by atoms with Crippen molar-refractivity contribution >= 4 is 11.6 Å². The average Bonchev–Trinajstić information content (AvgIpc) is 2.51. The van der Waals surface area contributed by atoms with Crippen molar-refractivity contribution < 1.29 is 14.6 Å². The third-order valence-corrected chi connectivity index (χ3v) is 4.56. The highest BCUT2D eigenvalue weighted by molar-refractivity contribution is 5.93. The van der Waals surface area contributed by atoms with Crippen LogP contribution in [0.25, 0.3) is 0 Å². The van der Waals surface area contributed by atoms with Gasteiger partial charge in [0.25, 0.3) is 5.91 Å². The molecule has 1 aromatic rings. The fraction of sp³-hybridized carbons (Fsp3) is 0.529. The average molecular weight is 302 g/mol. The Morgan fingerprint density at radius 1 is 1.27 bits per heavy atom. The second kappa shape index (κ2) is 7.39. The first-order chi connectivity index (χ1) is 10.5. The number of piperazine rings is 1. The quantitative estimate of drug-likeness (QED) is 0.664. The molecule has 0 unspecified atom stereocenters. The lowest BCUT2D eigenvalue weighted by Gasteiger charge is -2.30. The van der Waals surface area contributed by atoms with E-state index in [-0.39, 0.29) is 11.9 Å². The number of anilines is 1. The summed E-state index contributed by atoms with van der Waals surface area (Å²) in [5, 5.41) is 12.0. The molecule has 0 radical (unpaired) electrons. The summed E-state index contributed by atoms with van der Waals surface area (Å²) in [6, 6.07) is 8.39. The molecule has 118 valence electrons. The molecule has 0 aliphatic carbocycles. The van der Waals surface area contributed by atoms with Crippen LogP contribution in [0.15, 0.2) is 18.2 Å². The molecule has 0 aromatic heterocycles. The second-order valence-corrected chi connectivity index (χ2v) is 6.25. The molecule has 1 aromatic carbocycles. The molecule has 1 heterocycles. The molecule has 0 saturated carbocycles. The number of carbonyl (C=O) groups is 1. The van der Waals surface area contributed by atoms with Crippen LogP contribution in [0, 0.1) is 25.2 Å². The number of nitrogens with zero attached hydrogens (tertiary/aromatic N) is 1. The predicted molar refractivity (Wildman–Crippen MR) is 85.9 cm³/mol. The summed E-state index contributed by atoms with van der Waals surface area (Å²) >= 11 is 0. The molecule has 0 spiro atoms. The predicted octanol–water partition coefficient (Wildman–Crippen LogP) is -1.06. The van der Waals surface area contributed by atoms with E-state index in [4.69, 9.17) is 5.26 Å². The largest absolute Gasteiger partial charge is 0.321 e. The van der Waals surface area contributed by atoms with Crippen LogP contribution in [-0.4, -0.2) is 44.7 Å². The van der Waals surface area contributed by atoms with E-state index in [0.29, 0.717) is 6.54 Å². The van der Waals surface area contributed by atoms with E-state index in [0.717, 1.165) is 43.0 Å². The van der Waals surface area contributed by atoms with E-state index in [9.17, 15) is 4.79 Å². The van der Waals surface area contributed by atoms with Crippen LogP contribution >= 0.6 is 0 Å². The van der Waals surface area contributed by atoms with E-state index < -0.39 is 0 Å². The Morgan fingerprint density at radius 2 is 1.86 bits per heavy atom. The minimum atomic E-state index is 0.0463. The Balaban J connectivity index is 1.85. The van der Waals surface area contributed by atoms with Crippen molar-refractivity contribution in [2.24, 2.45) is 0 Å². The maximum Gasteiger partial charge on any atom is 0.279 e. The number of hydrogen-bond acceptors (Lipinski definition) is 2. The lowest BCUT2D eigenvalue weighted by atomic mass is 10.1. The fourth-order valence-electron chi connectivity index (χ4n) is 3.05. The van der Waals surface area contributed by atoms with Crippen molar-refractivity contribution in [3.05, 3.63) is 29.3 Å². The normalized spacial score (nSPS) is 22.6. The summed E-state index contributed by atoms with van der Waals surface area (Å²) < 4.78 is 0. The highest BCUT2D eigenvalue weighted by Gasteiger charge is 2.28. The molecule has 0 bridgehead atoms. The van der Waals surface area contributed by atoms with Gasteiger partial charge in [-0.2, -0.15) is 5.26 Å². The first-order valence-electron chi connectivity index (χ1n) is 7.95. The van der Waals surface area contributed by atoms with E-state index in [2.05, 4.69) is 11.4 Å². The first-order valence-corrected chi connectivity index (χ1v) is 7.95. The number of nitrogens with one attached hydrogen (secondary N) is 3. The summed E-state index contributed by atoms with van der Waals surface area (Å²) in [5.41, 5.74) is 3.13. The van der Waals surface area contributed by atoms with Crippen LogP contribution in [0.5, 0.6) is 0 Å². The van der Waals surface area contributed by atoms with Crippen molar-refractivity contribution in [2.45, 2.75) is 26.8 Å². The maximum atomic E-state index is 12.3. The van der Waals surface area contributed by atoms with Crippen LogP contribution in [0.3, 0.4) is 0 Å². The lowest BCUT2D eigenvalue weighted by molar-refractivity contribution is -1.02. The molecular weight excluding hydrogens is 276 g/mol. The smallest absolute Gasteiger partial charge is 0.279 e. The third-order valence-electron chi connectivity index (χ3n) is 4.56. The molecule has 5 nitrogen and oxygen atoms in total. The number of quaternary nitrogens is 2. The van der Waals surface area contributed by atoms with Crippen molar-refractivity contribution in [3.8, 4) is 6.07 Å². The summed E-state index contributed by atoms with van der Waals surface area (Å²) in [6.45, 7) is 10.3. The van der Waals surface area contributed by atoms with Crippen LogP contribution in [0.4, 0.5) is 5.69 Å². The summed E-state index contributed by atoms with van der Waals surface area (Å²) in [5.74, 6) is 0.0733. The molecule has 1 aliphatic heterocycles. The number of para-hydroxylation sites is 1. The third kappa shape index (κ3) is 4.06. The second-order valence-electron chi connectivity index (χ2n) is 6.25. The standard InChI is InChI=1S/C17H24N4O/c1-13-5-4-6-14(2)17(13)19-16(22)12-20-7-9-21(10-8-20)15(3)11-18/h4-6,15H,7-10,12H2,1-3H3,(H,19,22)/p+2/t15-/m1/s1. The van der Waals surface area contributed by atoms with Crippen LogP contribution in [-0.2, 0) is 4.79 Å². The number of rotatable bonds is 4. The van der Waals surface area contributed by atoms with Gasteiger partial charge in [0.15, 0.2) is 12.6 Å². The van der Waals surface area contributed by atoms with Gasteiger partial charge >= 0.3 is 0 Å². The van der Waals surface area contributed by atoms with E-state index in [1.165, 1.54) is 9.80 Å². The Morgan fingerprint density at radius 3 is 2.41 bits per heavy atom. The van der Waals surface area contributed by atoms with E-state index in [1.807, 2.05) is 39.0 Å². The van der Waals surface area contributed by atoms with E-state index in [1.54, 1.807) is 0 Å². The Bertz CT molecular complexity index is 550. The highest BCUT2D eigenvalue weighted by Crippen LogP contribution is 2.18. The van der Waals surface area contributed by atoms with Gasteiger partial charge in [-0.3, -0.25) is 4.79 Å². The summed E-state index contributed by atoms with van der Waals surface area (Å²) in [7, 11) is 0. The van der Waals surface area contributed by atoms with Gasteiger partial charge in [0, 0.05) is 12.6 Å². The number of carbonyl (C=O) groups excluding carboxylic acids is 1. The van der Waals surface area contributed by atoms with E-state index >= 15 is 0 Å². The van der Waals surface area contributed by atoms with Crippen molar-refractivity contribution in [3.63, 3.8) is 0 Å². The topological polar surface area (TPSA) is 61.8 Å². The van der Waals surface area contributed by atoms with Gasteiger partial charge in [-0.05, 0) is 25.0 Å². The minimum absolute atomic E-state index is 0.0463. The maximum absolute atomic E-state index is 12.3. The number of amides is 1. The fourth-order valence-corrected chi connectivity index (χ4v) is 3.05. The first kappa shape index (κ1) is 16.5. The lowest BCUT2D eigenvalue weighted by Crippen LogP contribution is -3.29. The van der Waals surface area contributed by atoms with Gasteiger partial charge in [-0.25, -0.2) is 0 Å². The molecule has 1 aliphatic rings. The zero-order chi connectivity index (χ0) is 16.1. The minimum Gasteiger partial charge on any atom is -0.321 e. The number of aryl methyl sites for hydroxylation is 2. The Kier molecular flexibility index (Phi) is 5.53. The zero-order valence-electron chi connectivity index (χ0n) is 13.7. The summed E-state index contributed by atoms with van der Waals surface area (Å²) in [6.07, 6.45) is 0. The van der Waals surface area contributed by atoms with Crippen molar-refractivity contribution in [2.75, 3.05) is 38.0 Å². The zero-order valence-corrected chi connectivity index (χ0v) is 13.7. The molecule has 5 heteroatoms. The van der Waals surface area contributed by atoms with Gasteiger partial charge in [0.05, 0.1) is 0 Å². The molecule has 22 heavy (non-hydrogen) atoms. The van der Waals surface area contributed by atoms with Crippen molar-refractivity contribution in [1.82, 2.24) is 0 Å². The number of nitriles is 1. The monoisotopic (exact) mass is 302 g/mol. The molecule has 1 saturated heterocycles. The Hall–Kier alpha value is -1.90. The molecular formula is C17H26N4O+2. The van der Waals surface area contributed by atoms with Crippen LogP contribution in [0.1, 0.15) is 18.1 Å².